The van der Waals surface area contributed by atoms with E-state index in [1.807, 2.05) is 19.0 Å². The van der Waals surface area contributed by atoms with Gasteiger partial charge in [-0.25, -0.2) is 0 Å². The highest BCUT2D eigenvalue weighted by atomic mass is 16.5. The molecule has 31 heavy (non-hydrogen) atoms. The number of aromatic nitrogens is 3. The van der Waals surface area contributed by atoms with E-state index in [1.54, 1.807) is 29.2 Å². The Balaban J connectivity index is 1.43. The molecule has 3 amide bonds. The second-order valence-corrected chi connectivity index (χ2v) is 7.36. The minimum absolute atomic E-state index is 0.0443. The zero-order valence-corrected chi connectivity index (χ0v) is 17.4. The highest BCUT2D eigenvalue weighted by molar-refractivity contribution is 6.22. The first-order valence-electron chi connectivity index (χ1n) is 9.91. The average molecular weight is 425 g/mol. The molecular formula is C20H23N7O4. The number of nitrogens with zero attached hydrogens (tertiary/aromatic N) is 6. The molecule has 1 aromatic heterocycles. The molecule has 2 aliphatic heterocycles. The zero-order chi connectivity index (χ0) is 22.0. The second kappa shape index (κ2) is 8.64. The Morgan fingerprint density at radius 3 is 2.32 bits per heavy atom. The molecule has 1 N–H and O–H groups in total. The van der Waals surface area contributed by atoms with Gasteiger partial charge in [0.05, 0.1) is 30.9 Å². The lowest BCUT2D eigenvalue weighted by molar-refractivity contribution is -0.121. The fourth-order valence-corrected chi connectivity index (χ4v) is 3.34. The molecule has 0 bridgehead atoms. The number of nitrogens with one attached hydrogen (secondary N) is 1. The summed E-state index contributed by atoms with van der Waals surface area (Å²) in [6, 6.07) is 6.52. The summed E-state index contributed by atoms with van der Waals surface area (Å²) in [7, 11) is 3.64. The second-order valence-electron chi connectivity index (χ2n) is 7.36. The van der Waals surface area contributed by atoms with Crippen molar-refractivity contribution in [3.05, 3.63) is 41.2 Å². The molecule has 0 saturated carbocycles. The van der Waals surface area contributed by atoms with Crippen LogP contribution in [-0.2, 0) is 16.1 Å². The molecule has 1 aromatic carbocycles. The number of rotatable bonds is 6. The van der Waals surface area contributed by atoms with Crippen LogP contribution in [0, 0.1) is 0 Å². The largest absolute Gasteiger partial charge is 0.378 e. The fourth-order valence-electron chi connectivity index (χ4n) is 3.34. The van der Waals surface area contributed by atoms with Crippen LogP contribution in [0.4, 0.5) is 11.9 Å². The van der Waals surface area contributed by atoms with Gasteiger partial charge in [0, 0.05) is 27.2 Å². The molecule has 0 spiro atoms. The number of carbonyl (C=O) groups excluding carboxylic acids is 3. The van der Waals surface area contributed by atoms with Crippen molar-refractivity contribution in [3.8, 4) is 0 Å². The predicted molar refractivity (Wildman–Crippen MR) is 111 cm³/mol. The zero-order valence-electron chi connectivity index (χ0n) is 17.4. The Labute approximate surface area is 179 Å². The number of carbonyl (C=O) groups is 3. The van der Waals surface area contributed by atoms with Gasteiger partial charge in [-0.1, -0.05) is 12.1 Å². The van der Waals surface area contributed by atoms with E-state index in [0.29, 0.717) is 55.2 Å². The number of benzene rings is 1. The molecule has 1 saturated heterocycles. The van der Waals surface area contributed by atoms with E-state index in [9.17, 15) is 14.4 Å². The monoisotopic (exact) mass is 425 g/mol. The Kier molecular flexibility index (Phi) is 5.76. The van der Waals surface area contributed by atoms with Crippen LogP contribution in [0.5, 0.6) is 0 Å². The third-order valence-corrected chi connectivity index (χ3v) is 4.98. The van der Waals surface area contributed by atoms with Crippen molar-refractivity contribution in [1.29, 1.82) is 0 Å². The highest BCUT2D eigenvalue weighted by Crippen LogP contribution is 2.22. The highest BCUT2D eigenvalue weighted by Gasteiger charge is 2.36. The van der Waals surface area contributed by atoms with E-state index in [0.717, 1.165) is 4.90 Å². The van der Waals surface area contributed by atoms with Gasteiger partial charge in [0.25, 0.3) is 11.8 Å². The smallest absolute Gasteiger partial charge is 0.262 e. The number of hydrogen-bond donors (Lipinski definition) is 1. The summed E-state index contributed by atoms with van der Waals surface area (Å²) in [5.41, 5.74) is 0.618. The first-order valence-corrected chi connectivity index (χ1v) is 9.91. The first kappa shape index (κ1) is 20.7. The summed E-state index contributed by atoms with van der Waals surface area (Å²) in [4.78, 5) is 55.3. The summed E-state index contributed by atoms with van der Waals surface area (Å²) < 4.78 is 5.37. The molecule has 3 heterocycles. The van der Waals surface area contributed by atoms with Crippen LogP contribution in [0.2, 0.25) is 0 Å². The number of hydrogen-bond acceptors (Lipinski definition) is 9. The van der Waals surface area contributed by atoms with Gasteiger partial charge in [0.1, 0.15) is 6.54 Å². The summed E-state index contributed by atoms with van der Waals surface area (Å²) in [6.07, 6.45) is 0. The van der Waals surface area contributed by atoms with Crippen LogP contribution in [0.15, 0.2) is 24.3 Å². The van der Waals surface area contributed by atoms with Gasteiger partial charge in [-0.05, 0) is 12.1 Å². The van der Waals surface area contributed by atoms with Gasteiger partial charge < -0.3 is 19.9 Å². The molecule has 11 heteroatoms. The third-order valence-electron chi connectivity index (χ3n) is 4.98. The molecule has 0 atom stereocenters. The van der Waals surface area contributed by atoms with E-state index < -0.39 is 17.7 Å². The van der Waals surface area contributed by atoms with Gasteiger partial charge in [0.15, 0.2) is 5.82 Å². The molecule has 1 fully saturated rings. The van der Waals surface area contributed by atoms with Crippen molar-refractivity contribution in [3.63, 3.8) is 0 Å². The van der Waals surface area contributed by atoms with Crippen molar-refractivity contribution in [1.82, 2.24) is 25.2 Å². The maximum Gasteiger partial charge on any atom is 0.262 e. The van der Waals surface area contributed by atoms with Gasteiger partial charge in [-0.15, -0.1) is 0 Å². The fraction of sp³-hybridized carbons (Fsp3) is 0.400. The lowest BCUT2D eigenvalue weighted by Gasteiger charge is -2.27. The number of anilines is 2. The topological polar surface area (TPSA) is 121 Å². The predicted octanol–water partition coefficient (Wildman–Crippen LogP) is -0.313. The maximum atomic E-state index is 12.5. The van der Waals surface area contributed by atoms with Gasteiger partial charge in [0.2, 0.25) is 17.8 Å². The number of ether oxygens (including phenoxy) is 1. The maximum absolute atomic E-state index is 12.5. The quantitative estimate of drug-likeness (QED) is 0.621. The summed E-state index contributed by atoms with van der Waals surface area (Å²) >= 11 is 0. The van der Waals surface area contributed by atoms with Crippen LogP contribution in [-0.4, -0.2) is 84.5 Å². The van der Waals surface area contributed by atoms with E-state index in [1.165, 1.54) is 0 Å². The van der Waals surface area contributed by atoms with Crippen molar-refractivity contribution in [2.24, 2.45) is 0 Å². The van der Waals surface area contributed by atoms with Crippen molar-refractivity contribution < 1.29 is 19.1 Å². The van der Waals surface area contributed by atoms with E-state index in [-0.39, 0.29) is 13.1 Å². The van der Waals surface area contributed by atoms with Crippen molar-refractivity contribution in [2.45, 2.75) is 6.54 Å². The van der Waals surface area contributed by atoms with Crippen LogP contribution in [0.1, 0.15) is 26.5 Å². The standard InChI is InChI=1S/C20H23N7O4/c1-25(2)19-22-15(23-20(24-19)26-7-9-31-10-8-26)11-21-16(28)12-27-17(29)13-5-3-4-6-14(13)18(27)30/h3-6H,7-12H2,1-2H3,(H,21,28). The van der Waals surface area contributed by atoms with E-state index >= 15 is 0 Å². The molecule has 0 aliphatic carbocycles. The van der Waals surface area contributed by atoms with Crippen LogP contribution in [0.25, 0.3) is 0 Å². The normalized spacial score (nSPS) is 15.8. The van der Waals surface area contributed by atoms with Crippen molar-refractivity contribution >= 4 is 29.6 Å². The lowest BCUT2D eigenvalue weighted by atomic mass is 10.1. The average Bonchev–Trinajstić information content (AvgIpc) is 3.03. The number of morpholine rings is 1. The Morgan fingerprint density at radius 1 is 1.06 bits per heavy atom. The molecule has 2 aromatic rings. The minimum atomic E-state index is -0.478. The molecule has 2 aliphatic rings. The minimum Gasteiger partial charge on any atom is -0.378 e. The first-order chi connectivity index (χ1) is 14.9. The van der Waals surface area contributed by atoms with E-state index in [2.05, 4.69) is 20.3 Å². The summed E-state index contributed by atoms with van der Waals surface area (Å²) in [5.74, 6) is -0.0429. The third kappa shape index (κ3) is 4.31. The number of imide groups is 1. The number of fused-ring (bicyclic) bond motifs is 1. The molecule has 0 unspecified atom stereocenters. The van der Waals surface area contributed by atoms with Gasteiger partial charge in [-0.3, -0.25) is 19.3 Å². The van der Waals surface area contributed by atoms with Crippen molar-refractivity contribution in [2.75, 3.05) is 56.7 Å². The number of amides is 3. The molecule has 0 radical (unpaired) electrons. The Morgan fingerprint density at radius 2 is 1.71 bits per heavy atom. The summed E-state index contributed by atoms with van der Waals surface area (Å²) in [6.45, 7) is 2.20. The molecular weight excluding hydrogens is 402 g/mol. The van der Waals surface area contributed by atoms with Crippen LogP contribution < -0.4 is 15.1 Å². The van der Waals surface area contributed by atoms with E-state index in [4.69, 9.17) is 4.74 Å². The van der Waals surface area contributed by atoms with Crippen LogP contribution in [0.3, 0.4) is 0 Å². The lowest BCUT2D eigenvalue weighted by Crippen LogP contribution is -2.40. The Bertz CT molecular complexity index is 985. The SMILES string of the molecule is CN(C)c1nc(CNC(=O)CN2C(=O)c3ccccc3C2=O)nc(N2CCOCC2)n1. The van der Waals surface area contributed by atoms with Gasteiger partial charge in [-0.2, -0.15) is 15.0 Å². The summed E-state index contributed by atoms with van der Waals surface area (Å²) in [5, 5.41) is 2.69. The molecule has 4 rings (SSSR count). The Hall–Kier alpha value is -3.60. The molecule has 11 nitrogen and oxygen atoms in total. The van der Waals surface area contributed by atoms with Gasteiger partial charge >= 0.3 is 0 Å². The van der Waals surface area contributed by atoms with Crippen LogP contribution >= 0.6 is 0 Å². The molecule has 162 valence electrons.